The third kappa shape index (κ3) is 4.70. The number of allylic oxidation sites excluding steroid dienone is 1. The van der Waals surface area contributed by atoms with Crippen molar-refractivity contribution in [3.63, 3.8) is 0 Å². The fourth-order valence-electron chi connectivity index (χ4n) is 1.96. The van der Waals surface area contributed by atoms with Crippen LogP contribution < -0.4 is 0 Å². The topological polar surface area (TPSA) is 30.7 Å². The van der Waals surface area contributed by atoms with E-state index in [0.717, 1.165) is 18.7 Å². The van der Waals surface area contributed by atoms with Crippen LogP contribution in [-0.4, -0.2) is 15.0 Å². The number of hydrogen-bond acceptors (Lipinski definition) is 2. The molecule has 0 fully saturated rings. The Balaban J connectivity index is 1.81. The van der Waals surface area contributed by atoms with Gasteiger partial charge in [0.05, 0.1) is 12.2 Å². The Morgan fingerprint density at radius 3 is 2.79 bits per heavy atom. The summed E-state index contributed by atoms with van der Waals surface area (Å²) in [5.74, 6) is 0. The predicted molar refractivity (Wildman–Crippen MR) is 78.7 cm³/mol. The highest BCUT2D eigenvalue weighted by molar-refractivity contribution is 5.48. The zero-order valence-electron chi connectivity index (χ0n) is 11.5. The highest BCUT2D eigenvalue weighted by Gasteiger charge is 1.98. The van der Waals surface area contributed by atoms with Gasteiger partial charge in [-0.2, -0.15) is 0 Å². The van der Waals surface area contributed by atoms with E-state index in [1.54, 1.807) is 0 Å². The summed E-state index contributed by atoms with van der Waals surface area (Å²) in [6.07, 6.45) is 11.0. The molecule has 0 saturated carbocycles. The number of nitrogens with zero attached hydrogens (tertiary/aromatic N) is 3. The number of hydrogen-bond donors (Lipinski definition) is 0. The molecule has 0 aliphatic heterocycles. The Labute approximate surface area is 115 Å². The van der Waals surface area contributed by atoms with Crippen molar-refractivity contribution in [2.24, 2.45) is 0 Å². The molecule has 2 aromatic rings. The zero-order chi connectivity index (χ0) is 13.3. The Kier molecular flexibility index (Phi) is 5.35. The van der Waals surface area contributed by atoms with Gasteiger partial charge >= 0.3 is 0 Å². The summed E-state index contributed by atoms with van der Waals surface area (Å²) in [6.45, 7) is 2.99. The number of aromatic nitrogens is 3. The fraction of sp³-hybridized carbons (Fsp3) is 0.375. The molecule has 3 nitrogen and oxygen atoms in total. The van der Waals surface area contributed by atoms with Crippen LogP contribution in [0.5, 0.6) is 0 Å². The molecule has 100 valence electrons. The smallest absolute Gasteiger partial charge is 0.0827 e. The lowest BCUT2D eigenvalue weighted by Gasteiger charge is -1.94. The van der Waals surface area contributed by atoms with Crippen molar-refractivity contribution in [1.82, 2.24) is 15.0 Å². The van der Waals surface area contributed by atoms with Gasteiger partial charge in [-0.05, 0) is 18.4 Å². The summed E-state index contributed by atoms with van der Waals surface area (Å²) in [7, 11) is 0. The Morgan fingerprint density at radius 1 is 1.16 bits per heavy atom. The van der Waals surface area contributed by atoms with Crippen molar-refractivity contribution in [3.8, 4) is 0 Å². The van der Waals surface area contributed by atoms with Crippen molar-refractivity contribution in [1.29, 1.82) is 0 Å². The first-order chi connectivity index (χ1) is 9.38. The molecule has 1 aromatic heterocycles. The molecule has 0 aliphatic rings. The Morgan fingerprint density at radius 2 is 2.00 bits per heavy atom. The van der Waals surface area contributed by atoms with Crippen LogP contribution in [0.2, 0.25) is 0 Å². The third-order valence-corrected chi connectivity index (χ3v) is 3.02. The minimum absolute atomic E-state index is 0.773. The van der Waals surface area contributed by atoms with Crippen molar-refractivity contribution < 1.29 is 0 Å². The minimum atomic E-state index is 0.773. The maximum atomic E-state index is 4.19. The first kappa shape index (κ1) is 13.5. The molecule has 0 N–H and O–H groups in total. The van der Waals surface area contributed by atoms with Gasteiger partial charge < -0.3 is 0 Å². The monoisotopic (exact) mass is 255 g/mol. The van der Waals surface area contributed by atoms with Crippen molar-refractivity contribution in [2.45, 2.75) is 39.2 Å². The zero-order valence-corrected chi connectivity index (χ0v) is 11.5. The van der Waals surface area contributed by atoms with Crippen molar-refractivity contribution in [2.75, 3.05) is 0 Å². The van der Waals surface area contributed by atoms with Gasteiger partial charge in [0.2, 0.25) is 0 Å². The molecule has 0 unspecified atom stereocenters. The molecule has 1 aromatic carbocycles. The summed E-state index contributed by atoms with van der Waals surface area (Å²) in [5, 5.41) is 8.33. The van der Waals surface area contributed by atoms with Crippen LogP contribution in [0.4, 0.5) is 0 Å². The van der Waals surface area contributed by atoms with Gasteiger partial charge in [-0.3, -0.25) is 0 Å². The first-order valence-corrected chi connectivity index (χ1v) is 6.99. The largest absolute Gasteiger partial charge is 0.248 e. The number of unbranched alkanes of at least 4 members (excludes halogenated alkanes) is 2. The molecule has 2 rings (SSSR count). The quantitative estimate of drug-likeness (QED) is 0.706. The van der Waals surface area contributed by atoms with E-state index in [0.29, 0.717) is 0 Å². The SMILES string of the molecule is CCCCCc1cn(C/C=C/c2ccccc2)nn1. The van der Waals surface area contributed by atoms with Gasteiger partial charge in [-0.15, -0.1) is 5.10 Å². The number of rotatable bonds is 7. The van der Waals surface area contributed by atoms with Crippen LogP contribution in [0.25, 0.3) is 6.08 Å². The van der Waals surface area contributed by atoms with Crippen LogP contribution in [0.3, 0.4) is 0 Å². The normalized spacial score (nSPS) is 11.2. The van der Waals surface area contributed by atoms with Gasteiger partial charge in [-0.25, -0.2) is 4.68 Å². The van der Waals surface area contributed by atoms with Crippen LogP contribution in [0.15, 0.2) is 42.6 Å². The molecular formula is C16H21N3. The van der Waals surface area contributed by atoms with E-state index in [4.69, 9.17) is 0 Å². The number of aryl methyl sites for hydroxylation is 1. The molecule has 19 heavy (non-hydrogen) atoms. The Bertz CT molecular complexity index is 500. The molecule has 3 heteroatoms. The van der Waals surface area contributed by atoms with Gasteiger partial charge in [0.1, 0.15) is 0 Å². The van der Waals surface area contributed by atoms with E-state index in [-0.39, 0.29) is 0 Å². The van der Waals surface area contributed by atoms with E-state index in [2.05, 4.69) is 41.5 Å². The maximum Gasteiger partial charge on any atom is 0.0827 e. The van der Waals surface area contributed by atoms with Crippen LogP contribution in [0.1, 0.15) is 37.4 Å². The highest BCUT2D eigenvalue weighted by atomic mass is 15.4. The van der Waals surface area contributed by atoms with E-state index < -0.39 is 0 Å². The molecule has 0 saturated heterocycles. The molecule has 1 heterocycles. The molecule has 0 atom stereocenters. The van der Waals surface area contributed by atoms with Gasteiger partial charge in [0, 0.05) is 6.20 Å². The third-order valence-electron chi connectivity index (χ3n) is 3.02. The van der Waals surface area contributed by atoms with Crippen LogP contribution in [0, 0.1) is 0 Å². The second-order valence-electron chi connectivity index (χ2n) is 4.70. The minimum Gasteiger partial charge on any atom is -0.248 e. The number of benzene rings is 1. The average molecular weight is 255 g/mol. The summed E-state index contributed by atoms with van der Waals surface area (Å²) >= 11 is 0. The van der Waals surface area contributed by atoms with E-state index in [1.165, 1.54) is 24.8 Å². The standard InChI is InChI=1S/C16H21N3/c1-2-3-5-12-16-14-19(18-17-16)13-8-11-15-9-6-4-7-10-15/h4,6-11,14H,2-3,5,12-13H2,1H3/b11-8+. The van der Waals surface area contributed by atoms with Gasteiger partial charge in [0.25, 0.3) is 0 Å². The summed E-state index contributed by atoms with van der Waals surface area (Å²) in [6, 6.07) is 10.3. The Hall–Kier alpha value is -1.90. The predicted octanol–water partition coefficient (Wildman–Crippen LogP) is 3.72. The summed E-state index contributed by atoms with van der Waals surface area (Å²) in [5.41, 5.74) is 2.31. The van der Waals surface area contributed by atoms with E-state index in [9.17, 15) is 0 Å². The van der Waals surface area contributed by atoms with Crippen molar-refractivity contribution >= 4 is 6.08 Å². The molecule has 0 spiro atoms. The van der Waals surface area contributed by atoms with Gasteiger partial charge in [-0.1, -0.05) is 67.5 Å². The maximum absolute atomic E-state index is 4.19. The first-order valence-electron chi connectivity index (χ1n) is 6.99. The van der Waals surface area contributed by atoms with E-state index in [1.807, 2.05) is 29.1 Å². The summed E-state index contributed by atoms with van der Waals surface area (Å²) in [4.78, 5) is 0. The fourth-order valence-corrected chi connectivity index (χ4v) is 1.96. The van der Waals surface area contributed by atoms with Crippen molar-refractivity contribution in [3.05, 3.63) is 53.9 Å². The molecule has 0 bridgehead atoms. The molecule has 0 aliphatic carbocycles. The second-order valence-corrected chi connectivity index (χ2v) is 4.70. The molecule has 0 radical (unpaired) electrons. The molecule has 0 amide bonds. The molecular weight excluding hydrogens is 234 g/mol. The van der Waals surface area contributed by atoms with Crippen LogP contribution in [-0.2, 0) is 13.0 Å². The lowest BCUT2D eigenvalue weighted by atomic mass is 10.2. The second kappa shape index (κ2) is 7.52. The van der Waals surface area contributed by atoms with Gasteiger partial charge in [0.15, 0.2) is 0 Å². The van der Waals surface area contributed by atoms with E-state index >= 15 is 0 Å². The highest BCUT2D eigenvalue weighted by Crippen LogP contribution is 2.04. The lowest BCUT2D eigenvalue weighted by molar-refractivity contribution is 0.661. The average Bonchev–Trinajstić information content (AvgIpc) is 2.88. The van der Waals surface area contributed by atoms with Crippen LogP contribution >= 0.6 is 0 Å². The lowest BCUT2D eigenvalue weighted by Crippen LogP contribution is -1.95. The summed E-state index contributed by atoms with van der Waals surface area (Å²) < 4.78 is 1.89.